The van der Waals surface area contributed by atoms with Crippen LogP contribution in [0.5, 0.6) is 11.5 Å². The second-order valence-electron chi connectivity index (χ2n) is 5.08. The Morgan fingerprint density at radius 3 is 2.30 bits per heavy atom. The van der Waals surface area contributed by atoms with E-state index in [1.807, 2.05) is 24.3 Å². The van der Waals surface area contributed by atoms with Gasteiger partial charge in [-0.3, -0.25) is 5.32 Å². The van der Waals surface area contributed by atoms with E-state index in [4.69, 9.17) is 14.7 Å². The van der Waals surface area contributed by atoms with Gasteiger partial charge >= 0.3 is 0 Å². The van der Waals surface area contributed by atoms with Crippen LogP contribution in [0.2, 0.25) is 0 Å². The third kappa shape index (κ3) is 5.10. The lowest BCUT2D eigenvalue weighted by molar-refractivity contribution is 0.294. The normalized spacial score (nSPS) is 15.4. The van der Waals surface area contributed by atoms with Crippen molar-refractivity contribution in [3.63, 3.8) is 0 Å². The summed E-state index contributed by atoms with van der Waals surface area (Å²) in [5.74, 6) is 1.68. The van der Waals surface area contributed by atoms with Gasteiger partial charge in [-0.05, 0) is 43.5 Å². The van der Waals surface area contributed by atoms with Crippen LogP contribution in [0, 0.1) is 11.3 Å². The number of nitrogens with one attached hydrogen (secondary N) is 1. The number of ether oxygens (including phenoxy) is 2. The Hall–Kier alpha value is -1.73. The molecule has 1 aromatic rings. The summed E-state index contributed by atoms with van der Waals surface area (Å²) in [5.41, 5.74) is 0. The first-order chi connectivity index (χ1) is 9.81. The second-order valence-corrected chi connectivity index (χ2v) is 5.08. The Balaban J connectivity index is 1.68. The van der Waals surface area contributed by atoms with Crippen LogP contribution in [-0.2, 0) is 0 Å². The molecular weight excluding hydrogens is 252 g/mol. The van der Waals surface area contributed by atoms with Crippen molar-refractivity contribution in [3.05, 3.63) is 24.3 Å². The monoisotopic (exact) mass is 274 g/mol. The van der Waals surface area contributed by atoms with Crippen molar-refractivity contribution in [2.75, 3.05) is 13.2 Å². The van der Waals surface area contributed by atoms with Crippen LogP contribution >= 0.6 is 0 Å². The second kappa shape index (κ2) is 7.76. The molecule has 0 bridgehead atoms. The van der Waals surface area contributed by atoms with Crippen LogP contribution < -0.4 is 14.8 Å². The maximum Gasteiger partial charge on any atom is 0.119 e. The fourth-order valence-corrected chi connectivity index (χ4v) is 1.87. The van der Waals surface area contributed by atoms with Gasteiger partial charge in [0.15, 0.2) is 0 Å². The molecule has 108 valence electrons. The molecule has 1 N–H and O–H groups in total. The van der Waals surface area contributed by atoms with Crippen LogP contribution in [-0.4, -0.2) is 25.3 Å². The first-order valence-electron chi connectivity index (χ1n) is 7.33. The number of nitriles is 1. The van der Waals surface area contributed by atoms with E-state index in [1.54, 1.807) is 0 Å². The molecule has 0 radical (unpaired) electrons. The molecule has 4 nitrogen and oxygen atoms in total. The molecule has 20 heavy (non-hydrogen) atoms. The van der Waals surface area contributed by atoms with Crippen molar-refractivity contribution in [1.29, 1.82) is 5.26 Å². The minimum Gasteiger partial charge on any atom is -0.494 e. The SMILES string of the molecule is CCCOc1ccc(OCCC(C#N)NC2CC2)cc1. The molecule has 0 aromatic heterocycles. The number of nitrogens with zero attached hydrogens (tertiary/aromatic N) is 1. The standard InChI is InChI=1S/C16H22N2O2/c1-2-10-19-15-5-7-16(8-6-15)20-11-9-14(12-17)18-13-3-4-13/h5-8,13-14,18H,2-4,9-11H2,1H3. The van der Waals surface area contributed by atoms with E-state index in [1.165, 1.54) is 12.8 Å². The van der Waals surface area contributed by atoms with Gasteiger partial charge in [0.25, 0.3) is 0 Å². The van der Waals surface area contributed by atoms with E-state index >= 15 is 0 Å². The first kappa shape index (κ1) is 14.7. The van der Waals surface area contributed by atoms with Crippen molar-refractivity contribution in [2.24, 2.45) is 0 Å². The average Bonchev–Trinajstić information content (AvgIpc) is 3.29. The molecule has 1 atom stereocenters. The molecular formula is C16H22N2O2. The Bertz CT molecular complexity index is 435. The summed E-state index contributed by atoms with van der Waals surface area (Å²) in [6, 6.07) is 10.4. The van der Waals surface area contributed by atoms with E-state index < -0.39 is 0 Å². The van der Waals surface area contributed by atoms with Gasteiger partial charge in [-0.15, -0.1) is 0 Å². The number of hydrogen-bond donors (Lipinski definition) is 1. The lowest BCUT2D eigenvalue weighted by Gasteiger charge is -2.12. The average molecular weight is 274 g/mol. The molecule has 1 fully saturated rings. The number of rotatable bonds is 9. The van der Waals surface area contributed by atoms with E-state index in [2.05, 4.69) is 18.3 Å². The van der Waals surface area contributed by atoms with Gasteiger partial charge in [0, 0.05) is 12.5 Å². The van der Waals surface area contributed by atoms with E-state index in [-0.39, 0.29) is 6.04 Å². The lowest BCUT2D eigenvalue weighted by atomic mass is 10.2. The maximum atomic E-state index is 9.03. The largest absolute Gasteiger partial charge is 0.494 e. The van der Waals surface area contributed by atoms with Crippen molar-refractivity contribution in [1.82, 2.24) is 5.32 Å². The highest BCUT2D eigenvalue weighted by atomic mass is 16.5. The fraction of sp³-hybridized carbons (Fsp3) is 0.562. The summed E-state index contributed by atoms with van der Waals surface area (Å²) in [6.45, 7) is 3.36. The van der Waals surface area contributed by atoms with E-state index in [0.717, 1.165) is 24.5 Å². The molecule has 0 aliphatic heterocycles. The minimum atomic E-state index is -0.102. The molecule has 4 heteroatoms. The molecule has 2 rings (SSSR count). The predicted molar refractivity (Wildman–Crippen MR) is 77.9 cm³/mol. The first-order valence-corrected chi connectivity index (χ1v) is 7.33. The fourth-order valence-electron chi connectivity index (χ4n) is 1.87. The van der Waals surface area contributed by atoms with Gasteiger partial charge in [0.05, 0.1) is 25.3 Å². The maximum absolute atomic E-state index is 9.03. The van der Waals surface area contributed by atoms with Gasteiger partial charge in [-0.1, -0.05) is 6.92 Å². The smallest absolute Gasteiger partial charge is 0.119 e. The Morgan fingerprint density at radius 1 is 1.20 bits per heavy atom. The topological polar surface area (TPSA) is 54.3 Å². The Morgan fingerprint density at radius 2 is 1.80 bits per heavy atom. The lowest BCUT2D eigenvalue weighted by Crippen LogP contribution is -2.31. The highest BCUT2D eigenvalue weighted by molar-refractivity contribution is 5.31. The van der Waals surface area contributed by atoms with Gasteiger partial charge in [-0.2, -0.15) is 5.26 Å². The Labute approximate surface area is 120 Å². The summed E-state index contributed by atoms with van der Waals surface area (Å²) in [4.78, 5) is 0. The molecule has 1 aliphatic carbocycles. The van der Waals surface area contributed by atoms with E-state index in [0.29, 0.717) is 19.1 Å². The highest BCUT2D eigenvalue weighted by Crippen LogP contribution is 2.20. The van der Waals surface area contributed by atoms with Crippen LogP contribution in [0.25, 0.3) is 0 Å². The highest BCUT2D eigenvalue weighted by Gasteiger charge is 2.24. The summed E-state index contributed by atoms with van der Waals surface area (Å²) >= 11 is 0. The molecule has 1 unspecified atom stereocenters. The van der Waals surface area contributed by atoms with Gasteiger partial charge in [0.1, 0.15) is 11.5 Å². The quantitative estimate of drug-likeness (QED) is 0.752. The third-order valence-corrected chi connectivity index (χ3v) is 3.14. The summed E-state index contributed by atoms with van der Waals surface area (Å²) in [6.07, 6.45) is 4.10. The zero-order valence-corrected chi connectivity index (χ0v) is 12.0. The molecule has 0 saturated heterocycles. The molecule has 0 amide bonds. The van der Waals surface area contributed by atoms with Crippen molar-refractivity contribution in [3.8, 4) is 17.6 Å². The molecule has 1 saturated carbocycles. The predicted octanol–water partition coefficient (Wildman–Crippen LogP) is 2.89. The minimum absolute atomic E-state index is 0.102. The summed E-state index contributed by atoms with van der Waals surface area (Å²) in [5, 5.41) is 12.3. The summed E-state index contributed by atoms with van der Waals surface area (Å²) in [7, 11) is 0. The van der Waals surface area contributed by atoms with Crippen LogP contribution in [0.1, 0.15) is 32.6 Å². The van der Waals surface area contributed by atoms with Crippen LogP contribution in [0.15, 0.2) is 24.3 Å². The van der Waals surface area contributed by atoms with Crippen molar-refractivity contribution >= 4 is 0 Å². The van der Waals surface area contributed by atoms with Crippen molar-refractivity contribution in [2.45, 2.75) is 44.7 Å². The van der Waals surface area contributed by atoms with Crippen LogP contribution in [0.3, 0.4) is 0 Å². The van der Waals surface area contributed by atoms with E-state index in [9.17, 15) is 0 Å². The van der Waals surface area contributed by atoms with Gasteiger partial charge < -0.3 is 9.47 Å². The third-order valence-electron chi connectivity index (χ3n) is 3.14. The van der Waals surface area contributed by atoms with Gasteiger partial charge in [-0.25, -0.2) is 0 Å². The zero-order chi connectivity index (χ0) is 14.2. The number of benzene rings is 1. The zero-order valence-electron chi connectivity index (χ0n) is 12.0. The molecule has 1 aliphatic rings. The molecule has 0 heterocycles. The van der Waals surface area contributed by atoms with Crippen molar-refractivity contribution < 1.29 is 9.47 Å². The van der Waals surface area contributed by atoms with Crippen LogP contribution in [0.4, 0.5) is 0 Å². The molecule has 1 aromatic carbocycles. The van der Waals surface area contributed by atoms with Gasteiger partial charge in [0.2, 0.25) is 0 Å². The number of hydrogen-bond acceptors (Lipinski definition) is 4. The molecule has 0 spiro atoms. The Kier molecular flexibility index (Phi) is 5.69. The summed E-state index contributed by atoms with van der Waals surface area (Å²) < 4.78 is 11.2.